The monoisotopic (exact) mass is 318 g/mol. The first-order valence-electron chi connectivity index (χ1n) is 6.65. The summed E-state index contributed by atoms with van der Waals surface area (Å²) >= 11 is 5.93. The van der Waals surface area contributed by atoms with Gasteiger partial charge in [-0.2, -0.15) is 0 Å². The van der Waals surface area contributed by atoms with E-state index in [1.807, 2.05) is 0 Å². The van der Waals surface area contributed by atoms with E-state index in [0.717, 1.165) is 0 Å². The fraction of sp³-hybridized carbons (Fsp3) is 0.188. The fourth-order valence-electron chi connectivity index (χ4n) is 1.60. The summed E-state index contributed by atoms with van der Waals surface area (Å²) in [6.45, 7) is 3.41. The van der Waals surface area contributed by atoms with Crippen molar-refractivity contribution in [2.75, 3.05) is 0 Å². The minimum absolute atomic E-state index is 0.0377. The second kappa shape index (κ2) is 7.04. The van der Waals surface area contributed by atoms with Gasteiger partial charge < -0.3 is 9.84 Å². The lowest BCUT2D eigenvalue weighted by Crippen LogP contribution is -2.15. The van der Waals surface area contributed by atoms with Gasteiger partial charge in [0.25, 0.3) is 0 Å². The van der Waals surface area contributed by atoms with Gasteiger partial charge in [0.2, 0.25) is 0 Å². The molecular weight excluding hydrogens is 304 g/mol. The number of aromatic nitrogens is 1. The Morgan fingerprint density at radius 3 is 2.86 bits per heavy atom. The largest absolute Gasteiger partial charge is 0.504 e. The number of benzene rings is 1. The van der Waals surface area contributed by atoms with E-state index < -0.39 is 5.97 Å². The molecule has 0 spiro atoms. The summed E-state index contributed by atoms with van der Waals surface area (Å²) in [5.74, 6) is -0.947. The molecule has 5 nitrogen and oxygen atoms in total. The molecule has 0 fully saturated rings. The van der Waals surface area contributed by atoms with Gasteiger partial charge in [-0.25, -0.2) is 0 Å². The minimum atomic E-state index is -0.450. The number of esters is 1. The van der Waals surface area contributed by atoms with Crippen LogP contribution in [-0.4, -0.2) is 22.3 Å². The van der Waals surface area contributed by atoms with E-state index >= 15 is 0 Å². The van der Waals surface area contributed by atoms with E-state index in [2.05, 4.69) is 9.98 Å². The predicted octanol–water partition coefficient (Wildman–Crippen LogP) is 3.75. The normalized spacial score (nSPS) is 11.1. The topological polar surface area (TPSA) is 71.8 Å². The Hall–Kier alpha value is -2.40. The molecule has 114 valence electrons. The molecule has 0 saturated heterocycles. The molecule has 6 heteroatoms. The van der Waals surface area contributed by atoms with Crippen LogP contribution < -0.4 is 4.74 Å². The van der Waals surface area contributed by atoms with Gasteiger partial charge in [-0.3, -0.25) is 14.8 Å². The van der Waals surface area contributed by atoms with Crippen molar-refractivity contribution in [3.8, 4) is 11.5 Å². The molecule has 0 atom stereocenters. The molecule has 0 aliphatic rings. The Bertz CT molecular complexity index is 700. The van der Waals surface area contributed by atoms with Gasteiger partial charge in [0.1, 0.15) is 0 Å². The van der Waals surface area contributed by atoms with E-state index in [9.17, 15) is 9.90 Å². The lowest BCUT2D eigenvalue weighted by molar-refractivity contribution is -0.137. The number of hydrogen-bond acceptors (Lipinski definition) is 5. The summed E-state index contributed by atoms with van der Waals surface area (Å²) in [5.41, 5.74) is 1.03. The molecule has 1 heterocycles. The third-order valence-electron chi connectivity index (χ3n) is 2.74. The summed E-state index contributed by atoms with van der Waals surface area (Å²) in [6, 6.07) is 6.39. The SMILES string of the molecule is CC(C)C(=O)Oc1c(O)cc(Cl)cc1C=Nc1cccnc1. The zero-order valence-electron chi connectivity index (χ0n) is 12.2. The summed E-state index contributed by atoms with van der Waals surface area (Å²) in [6.07, 6.45) is 4.69. The molecule has 22 heavy (non-hydrogen) atoms. The minimum Gasteiger partial charge on any atom is -0.504 e. The quantitative estimate of drug-likeness (QED) is 0.529. The maximum atomic E-state index is 11.8. The molecule has 1 aromatic heterocycles. The molecule has 0 saturated carbocycles. The number of carbonyl (C=O) groups is 1. The zero-order chi connectivity index (χ0) is 16.1. The van der Waals surface area contributed by atoms with Gasteiger partial charge in [-0.1, -0.05) is 25.4 Å². The number of phenolic OH excluding ortho intramolecular Hbond substituents is 1. The standard InChI is InChI=1S/C16H15ClN2O3/c1-10(2)16(21)22-15-11(6-12(17)7-14(15)20)8-19-13-4-3-5-18-9-13/h3-10,20H,1-2H3. The number of carbonyl (C=O) groups excluding carboxylic acids is 1. The lowest BCUT2D eigenvalue weighted by atomic mass is 10.2. The number of aromatic hydroxyl groups is 1. The van der Waals surface area contributed by atoms with Crippen molar-refractivity contribution in [3.63, 3.8) is 0 Å². The number of phenols is 1. The van der Waals surface area contributed by atoms with E-state index in [4.69, 9.17) is 16.3 Å². The van der Waals surface area contributed by atoms with Crippen molar-refractivity contribution in [1.29, 1.82) is 0 Å². The van der Waals surface area contributed by atoms with E-state index in [1.54, 1.807) is 44.4 Å². The molecule has 0 aliphatic carbocycles. The van der Waals surface area contributed by atoms with Gasteiger partial charge in [0.15, 0.2) is 11.5 Å². The lowest BCUT2D eigenvalue weighted by Gasteiger charge is -2.11. The highest BCUT2D eigenvalue weighted by molar-refractivity contribution is 6.31. The third-order valence-corrected chi connectivity index (χ3v) is 2.95. The average molecular weight is 319 g/mol. The van der Waals surface area contributed by atoms with Crippen LogP contribution in [0.1, 0.15) is 19.4 Å². The Labute approximate surface area is 133 Å². The molecule has 0 aliphatic heterocycles. The fourth-order valence-corrected chi connectivity index (χ4v) is 1.82. The number of ether oxygens (including phenoxy) is 1. The molecule has 0 amide bonds. The number of aliphatic imine (C=N–C) groups is 1. The van der Waals surface area contributed by atoms with Crippen LogP contribution in [0.5, 0.6) is 11.5 Å². The number of nitrogens with zero attached hydrogens (tertiary/aromatic N) is 2. The highest BCUT2D eigenvalue weighted by Crippen LogP contribution is 2.33. The van der Waals surface area contributed by atoms with Crippen LogP contribution in [0.3, 0.4) is 0 Å². The van der Waals surface area contributed by atoms with Crippen molar-refractivity contribution in [3.05, 3.63) is 47.2 Å². The molecule has 2 aromatic rings. The van der Waals surface area contributed by atoms with Crippen LogP contribution in [0.4, 0.5) is 5.69 Å². The highest BCUT2D eigenvalue weighted by Gasteiger charge is 2.16. The maximum Gasteiger partial charge on any atom is 0.313 e. The Morgan fingerprint density at radius 1 is 1.45 bits per heavy atom. The molecule has 2 rings (SSSR count). The second-order valence-corrected chi connectivity index (χ2v) is 5.32. The van der Waals surface area contributed by atoms with Crippen LogP contribution in [0, 0.1) is 5.92 Å². The smallest absolute Gasteiger partial charge is 0.313 e. The van der Waals surface area contributed by atoms with Crippen molar-refractivity contribution in [1.82, 2.24) is 4.98 Å². The number of rotatable bonds is 4. The van der Waals surface area contributed by atoms with Crippen LogP contribution >= 0.6 is 11.6 Å². The second-order valence-electron chi connectivity index (χ2n) is 4.89. The molecular formula is C16H15ClN2O3. The van der Waals surface area contributed by atoms with Crippen molar-refractivity contribution < 1.29 is 14.6 Å². The molecule has 0 bridgehead atoms. The first-order valence-corrected chi connectivity index (χ1v) is 7.03. The number of pyridine rings is 1. The van der Waals surface area contributed by atoms with Gasteiger partial charge >= 0.3 is 5.97 Å². The van der Waals surface area contributed by atoms with E-state index in [1.165, 1.54) is 12.3 Å². The first kappa shape index (κ1) is 16.0. The zero-order valence-corrected chi connectivity index (χ0v) is 12.9. The summed E-state index contributed by atoms with van der Waals surface area (Å²) in [5, 5.41) is 10.3. The van der Waals surface area contributed by atoms with Crippen LogP contribution in [-0.2, 0) is 4.79 Å². The maximum absolute atomic E-state index is 11.8. The predicted molar refractivity (Wildman–Crippen MR) is 85.1 cm³/mol. The van der Waals surface area contributed by atoms with Gasteiger partial charge in [-0.05, 0) is 18.2 Å². The molecule has 1 aromatic carbocycles. The van der Waals surface area contributed by atoms with Gasteiger partial charge in [0.05, 0.1) is 17.8 Å². The summed E-state index contributed by atoms with van der Waals surface area (Å²) < 4.78 is 5.23. The van der Waals surface area contributed by atoms with Crippen LogP contribution in [0.25, 0.3) is 0 Å². The van der Waals surface area contributed by atoms with Gasteiger partial charge in [0, 0.05) is 29.1 Å². The first-order chi connectivity index (χ1) is 10.5. The summed E-state index contributed by atoms with van der Waals surface area (Å²) in [7, 11) is 0. The number of hydrogen-bond donors (Lipinski definition) is 1. The average Bonchev–Trinajstić information content (AvgIpc) is 2.48. The van der Waals surface area contributed by atoms with Crippen LogP contribution in [0.2, 0.25) is 5.02 Å². The molecule has 0 radical (unpaired) electrons. The Kier molecular flexibility index (Phi) is 5.12. The summed E-state index contributed by atoms with van der Waals surface area (Å²) in [4.78, 5) is 19.9. The highest BCUT2D eigenvalue weighted by atomic mass is 35.5. The Morgan fingerprint density at radius 2 is 2.23 bits per heavy atom. The third kappa shape index (κ3) is 4.05. The molecule has 1 N–H and O–H groups in total. The van der Waals surface area contributed by atoms with E-state index in [0.29, 0.717) is 16.3 Å². The van der Waals surface area contributed by atoms with Gasteiger partial charge in [-0.15, -0.1) is 0 Å². The van der Waals surface area contributed by atoms with Crippen molar-refractivity contribution >= 4 is 29.5 Å². The Balaban J connectivity index is 2.37. The van der Waals surface area contributed by atoms with Crippen molar-refractivity contribution in [2.24, 2.45) is 10.9 Å². The molecule has 0 unspecified atom stereocenters. The van der Waals surface area contributed by atoms with Crippen LogP contribution in [0.15, 0.2) is 41.7 Å². The number of halogens is 1. The van der Waals surface area contributed by atoms with E-state index in [-0.39, 0.29) is 17.4 Å². The van der Waals surface area contributed by atoms with Crippen molar-refractivity contribution in [2.45, 2.75) is 13.8 Å².